The molecule has 3 atom stereocenters. The van der Waals surface area contributed by atoms with Crippen molar-refractivity contribution in [2.45, 2.75) is 113 Å². The largest absolute Gasteiger partial charge is 0.470 e. The van der Waals surface area contributed by atoms with Gasteiger partial charge in [-0.3, -0.25) is 9.59 Å². The zero-order valence-electron chi connectivity index (χ0n) is 28.8. The van der Waals surface area contributed by atoms with E-state index in [0.717, 1.165) is 18.1 Å². The quantitative estimate of drug-likeness (QED) is 0.198. The first-order chi connectivity index (χ1) is 20.8. The molecule has 0 spiro atoms. The van der Waals surface area contributed by atoms with E-state index in [4.69, 9.17) is 23.7 Å². The number of rotatable bonds is 15. The molecular weight excluding hydrogens is 604 g/mol. The number of hydrogen-bond donors (Lipinski definition) is 0. The van der Waals surface area contributed by atoms with Gasteiger partial charge in [0.1, 0.15) is 6.61 Å². The number of carbonyl (C=O) groups excluding carboxylic acids is 4. The number of hydrogen-bond acceptors (Lipinski definition) is 13. The summed E-state index contributed by atoms with van der Waals surface area (Å²) >= 11 is 0.999. The Hall–Kier alpha value is -3.00. The molecular formula is C31H52N4O9S. The van der Waals surface area contributed by atoms with Crippen LogP contribution in [0.1, 0.15) is 89.0 Å². The van der Waals surface area contributed by atoms with Gasteiger partial charge in [0, 0.05) is 25.6 Å². The van der Waals surface area contributed by atoms with Crippen LogP contribution in [0.5, 0.6) is 5.88 Å². The van der Waals surface area contributed by atoms with Gasteiger partial charge in [0.25, 0.3) is 5.88 Å². The third-order valence-electron chi connectivity index (χ3n) is 7.69. The van der Waals surface area contributed by atoms with Crippen LogP contribution < -0.4 is 9.64 Å². The summed E-state index contributed by atoms with van der Waals surface area (Å²) in [6.07, 6.45) is -2.04. The van der Waals surface area contributed by atoms with Crippen LogP contribution in [0.3, 0.4) is 0 Å². The number of nitrogens with zero attached hydrogens (tertiary/aromatic N) is 4. The van der Waals surface area contributed by atoms with Crippen LogP contribution in [0.25, 0.3) is 0 Å². The summed E-state index contributed by atoms with van der Waals surface area (Å²) in [4.78, 5) is 54.9. The molecule has 0 N–H and O–H groups in total. The Labute approximate surface area is 271 Å². The molecule has 0 aromatic carbocycles. The van der Waals surface area contributed by atoms with Crippen LogP contribution >= 0.6 is 11.7 Å². The molecule has 2 heterocycles. The second-order valence-electron chi connectivity index (χ2n) is 13.9. The molecule has 0 aliphatic carbocycles. The maximum absolute atomic E-state index is 13.1. The van der Waals surface area contributed by atoms with E-state index in [1.165, 1.54) is 20.8 Å². The lowest BCUT2D eigenvalue weighted by Gasteiger charge is -2.37. The lowest BCUT2D eigenvalue weighted by Crippen LogP contribution is -2.50. The standard InChI is InChI=1S/C31H52N4O9S/c1-12-30(8,9)19-31(10,11)28(39)43-21(3)26(37)42-20(2)27(38)44-23(17-35(22(4)36)29(5,6)7)18-41-25-24(32-45-33-25)34-13-15-40-16-14-34/h20-21,23H,12-19H2,1-11H3/t20-,21-,23-/m0/s1. The molecule has 1 amide bonds. The molecule has 13 nitrogen and oxygen atoms in total. The highest BCUT2D eigenvalue weighted by Gasteiger charge is 2.38. The van der Waals surface area contributed by atoms with Crippen molar-refractivity contribution in [1.82, 2.24) is 13.6 Å². The van der Waals surface area contributed by atoms with Gasteiger partial charge < -0.3 is 33.5 Å². The first-order valence-corrected chi connectivity index (χ1v) is 16.2. The molecule has 256 valence electrons. The first kappa shape index (κ1) is 38.2. The van der Waals surface area contributed by atoms with Crippen molar-refractivity contribution < 1.29 is 42.9 Å². The predicted octanol–water partition coefficient (Wildman–Crippen LogP) is 4.03. The number of morpholine rings is 1. The van der Waals surface area contributed by atoms with Crippen molar-refractivity contribution in [1.29, 1.82) is 0 Å². The van der Waals surface area contributed by atoms with Crippen molar-refractivity contribution in [3.8, 4) is 5.88 Å². The van der Waals surface area contributed by atoms with Gasteiger partial charge >= 0.3 is 17.9 Å². The Morgan fingerprint density at radius 3 is 2.07 bits per heavy atom. The molecule has 1 aromatic heterocycles. The summed E-state index contributed by atoms with van der Waals surface area (Å²) in [7, 11) is 0. The fourth-order valence-corrected chi connectivity index (χ4v) is 5.47. The second-order valence-corrected chi connectivity index (χ2v) is 14.4. The molecule has 1 aromatic rings. The van der Waals surface area contributed by atoms with E-state index >= 15 is 0 Å². The second kappa shape index (κ2) is 16.0. The summed E-state index contributed by atoms with van der Waals surface area (Å²) in [6.45, 7) is 21.8. The normalized spacial score (nSPS) is 16.3. The van der Waals surface area contributed by atoms with E-state index in [1.807, 2.05) is 25.7 Å². The average molecular weight is 657 g/mol. The molecule has 0 bridgehead atoms. The third kappa shape index (κ3) is 11.7. The van der Waals surface area contributed by atoms with Crippen LogP contribution in [0.15, 0.2) is 0 Å². The summed E-state index contributed by atoms with van der Waals surface area (Å²) in [5, 5.41) is 0. The van der Waals surface area contributed by atoms with E-state index in [1.54, 1.807) is 18.7 Å². The van der Waals surface area contributed by atoms with Crippen molar-refractivity contribution in [3.63, 3.8) is 0 Å². The first-order valence-electron chi connectivity index (χ1n) is 15.5. The molecule has 0 unspecified atom stereocenters. The van der Waals surface area contributed by atoms with Gasteiger partial charge in [-0.2, -0.15) is 4.37 Å². The molecule has 1 aliphatic rings. The Morgan fingerprint density at radius 2 is 1.51 bits per heavy atom. The predicted molar refractivity (Wildman–Crippen MR) is 169 cm³/mol. The van der Waals surface area contributed by atoms with Gasteiger partial charge in [0.15, 0.2) is 18.3 Å². The summed E-state index contributed by atoms with van der Waals surface area (Å²) in [6, 6.07) is 0. The summed E-state index contributed by atoms with van der Waals surface area (Å²) in [5.74, 6) is -1.61. The molecule has 1 aliphatic heterocycles. The lowest BCUT2D eigenvalue weighted by atomic mass is 9.74. The van der Waals surface area contributed by atoms with Gasteiger partial charge in [-0.05, 0) is 60.3 Å². The minimum Gasteiger partial charge on any atom is -0.470 e. The maximum atomic E-state index is 13.1. The Morgan fingerprint density at radius 1 is 0.933 bits per heavy atom. The topological polar surface area (TPSA) is 147 Å². The number of anilines is 1. The van der Waals surface area contributed by atoms with Crippen LogP contribution in [0.2, 0.25) is 0 Å². The smallest absolute Gasteiger partial charge is 0.347 e. The zero-order valence-corrected chi connectivity index (χ0v) is 29.6. The van der Waals surface area contributed by atoms with Crippen LogP contribution in [-0.4, -0.2) is 101 Å². The fraction of sp³-hybridized carbons (Fsp3) is 0.806. The fourth-order valence-electron chi connectivity index (χ4n) is 4.95. The maximum Gasteiger partial charge on any atom is 0.347 e. The van der Waals surface area contributed by atoms with Gasteiger partial charge in [0.05, 0.1) is 36.9 Å². The minimum absolute atomic E-state index is 0.0207. The van der Waals surface area contributed by atoms with E-state index in [9.17, 15) is 19.2 Å². The van der Waals surface area contributed by atoms with Crippen LogP contribution in [-0.2, 0) is 38.1 Å². The zero-order chi connectivity index (χ0) is 34.2. The van der Waals surface area contributed by atoms with E-state index in [2.05, 4.69) is 29.5 Å². The number of esters is 3. The molecule has 0 radical (unpaired) electrons. The number of amides is 1. The summed E-state index contributed by atoms with van der Waals surface area (Å²) in [5.41, 5.74) is -1.49. The molecule has 14 heteroatoms. The van der Waals surface area contributed by atoms with Crippen molar-refractivity contribution in [2.75, 3.05) is 44.4 Å². The van der Waals surface area contributed by atoms with Crippen molar-refractivity contribution in [3.05, 3.63) is 0 Å². The average Bonchev–Trinajstić information content (AvgIpc) is 3.42. The van der Waals surface area contributed by atoms with Gasteiger partial charge in [-0.15, -0.1) is 4.37 Å². The van der Waals surface area contributed by atoms with E-state index < -0.39 is 47.2 Å². The molecule has 45 heavy (non-hydrogen) atoms. The molecule has 0 saturated carbocycles. The molecule has 1 saturated heterocycles. The Kier molecular flexibility index (Phi) is 13.6. The highest BCUT2D eigenvalue weighted by Crippen LogP contribution is 2.37. The third-order valence-corrected chi connectivity index (χ3v) is 8.19. The van der Waals surface area contributed by atoms with Crippen molar-refractivity contribution >= 4 is 41.4 Å². The Bertz CT molecular complexity index is 1160. The highest BCUT2D eigenvalue weighted by molar-refractivity contribution is 6.99. The highest BCUT2D eigenvalue weighted by atomic mass is 32.1. The Balaban J connectivity index is 2.09. The number of carbonyl (C=O) groups is 4. The monoisotopic (exact) mass is 656 g/mol. The number of ether oxygens (including phenoxy) is 5. The van der Waals surface area contributed by atoms with Gasteiger partial charge in [-0.25, -0.2) is 9.59 Å². The SMILES string of the molecule is CCC(C)(C)CC(C)(C)C(=O)O[C@@H](C)C(=O)O[C@@H](C)C(=O)O[C@H](COc1nsnc1N1CCOCC1)CN(C(C)=O)C(C)(C)C. The molecule has 2 rings (SSSR count). The molecule has 1 fully saturated rings. The number of aromatic nitrogens is 2. The van der Waals surface area contributed by atoms with Gasteiger partial charge in [-0.1, -0.05) is 27.2 Å². The van der Waals surface area contributed by atoms with Gasteiger partial charge in [0.2, 0.25) is 11.7 Å². The van der Waals surface area contributed by atoms with Crippen molar-refractivity contribution in [2.24, 2.45) is 10.8 Å². The van der Waals surface area contributed by atoms with E-state index in [0.29, 0.717) is 38.5 Å². The minimum atomic E-state index is -1.32. The van der Waals surface area contributed by atoms with E-state index in [-0.39, 0.29) is 30.4 Å². The van der Waals surface area contributed by atoms with Crippen LogP contribution in [0.4, 0.5) is 5.82 Å². The summed E-state index contributed by atoms with van der Waals surface area (Å²) < 4.78 is 36.5. The lowest BCUT2D eigenvalue weighted by molar-refractivity contribution is -0.183. The van der Waals surface area contributed by atoms with Crippen LogP contribution in [0, 0.1) is 10.8 Å².